The highest BCUT2D eigenvalue weighted by molar-refractivity contribution is 5.79. The molecule has 5 nitrogen and oxygen atoms in total. The first-order valence-corrected chi connectivity index (χ1v) is 9.42. The Morgan fingerprint density at radius 3 is 2.87 bits per heavy atom. The van der Waals surface area contributed by atoms with Gasteiger partial charge in [-0.2, -0.15) is 0 Å². The van der Waals surface area contributed by atoms with Crippen molar-refractivity contribution in [3.63, 3.8) is 0 Å². The molecular weight excluding hydrogens is 288 g/mol. The van der Waals surface area contributed by atoms with Gasteiger partial charge in [-0.1, -0.05) is 6.92 Å². The third-order valence-electron chi connectivity index (χ3n) is 5.09. The first-order valence-electron chi connectivity index (χ1n) is 9.42. The van der Waals surface area contributed by atoms with E-state index in [2.05, 4.69) is 43.2 Å². The summed E-state index contributed by atoms with van der Waals surface area (Å²) in [7, 11) is 0. The molecule has 2 aliphatic rings. The fourth-order valence-corrected chi connectivity index (χ4v) is 3.55. The molecule has 0 spiro atoms. The number of likely N-dealkylation sites (tertiary alicyclic amines) is 1. The molecule has 0 aromatic rings. The minimum atomic E-state index is -0.0731. The highest BCUT2D eigenvalue weighted by Crippen LogP contribution is 2.25. The quantitative estimate of drug-likeness (QED) is 0.581. The molecule has 0 aliphatic carbocycles. The van der Waals surface area contributed by atoms with Gasteiger partial charge in [-0.05, 0) is 58.9 Å². The van der Waals surface area contributed by atoms with E-state index in [4.69, 9.17) is 9.73 Å². The second-order valence-corrected chi connectivity index (χ2v) is 7.57. The number of hydrogen-bond donors (Lipinski definition) is 2. The summed E-state index contributed by atoms with van der Waals surface area (Å²) in [5, 5.41) is 6.87. The fraction of sp³-hybridized carbons (Fsp3) is 0.944. The monoisotopic (exact) mass is 324 g/mol. The van der Waals surface area contributed by atoms with Gasteiger partial charge in [0.2, 0.25) is 0 Å². The van der Waals surface area contributed by atoms with Gasteiger partial charge in [0.05, 0.1) is 12.1 Å². The van der Waals surface area contributed by atoms with Crippen LogP contribution in [0.1, 0.15) is 53.4 Å². The van der Waals surface area contributed by atoms with Crippen LogP contribution >= 0.6 is 0 Å². The zero-order chi connectivity index (χ0) is 16.7. The minimum Gasteiger partial charge on any atom is -0.373 e. The molecule has 0 bridgehead atoms. The number of nitrogens with one attached hydrogen (secondary N) is 2. The standard InChI is InChI=1S/C18H36N4O/c1-5-19-17(21-14-18(4)9-7-11-23-18)20-12-16(3)22-10-6-8-15(2)13-22/h15-16H,5-14H2,1-4H3,(H2,19,20,21). The Hall–Kier alpha value is -0.810. The Labute approximate surface area is 142 Å². The van der Waals surface area contributed by atoms with Gasteiger partial charge in [0, 0.05) is 32.3 Å². The van der Waals surface area contributed by atoms with Crippen LogP contribution in [0.5, 0.6) is 0 Å². The maximum Gasteiger partial charge on any atom is 0.191 e. The van der Waals surface area contributed by atoms with Gasteiger partial charge in [-0.15, -0.1) is 0 Å². The summed E-state index contributed by atoms with van der Waals surface area (Å²) in [6.07, 6.45) is 4.97. The largest absolute Gasteiger partial charge is 0.373 e. The summed E-state index contributed by atoms with van der Waals surface area (Å²) < 4.78 is 5.83. The summed E-state index contributed by atoms with van der Waals surface area (Å²) >= 11 is 0. The maximum absolute atomic E-state index is 5.83. The summed E-state index contributed by atoms with van der Waals surface area (Å²) in [5.41, 5.74) is -0.0731. The minimum absolute atomic E-state index is 0.0731. The number of nitrogens with zero attached hydrogens (tertiary/aromatic N) is 2. The van der Waals surface area contributed by atoms with Crippen molar-refractivity contribution in [3.05, 3.63) is 0 Å². The van der Waals surface area contributed by atoms with E-state index in [1.54, 1.807) is 0 Å². The second kappa shape index (κ2) is 8.88. The van der Waals surface area contributed by atoms with Gasteiger partial charge in [-0.25, -0.2) is 0 Å². The lowest BCUT2D eigenvalue weighted by atomic mass is 9.99. The van der Waals surface area contributed by atoms with Crippen molar-refractivity contribution in [2.75, 3.05) is 39.3 Å². The van der Waals surface area contributed by atoms with Crippen molar-refractivity contribution in [2.45, 2.75) is 65.0 Å². The molecule has 2 aliphatic heterocycles. The molecule has 3 atom stereocenters. The molecule has 2 N–H and O–H groups in total. The van der Waals surface area contributed by atoms with E-state index in [9.17, 15) is 0 Å². The van der Waals surface area contributed by atoms with E-state index in [-0.39, 0.29) is 5.60 Å². The third kappa shape index (κ3) is 5.96. The van der Waals surface area contributed by atoms with Gasteiger partial charge in [-0.3, -0.25) is 9.89 Å². The van der Waals surface area contributed by atoms with Gasteiger partial charge in [0.25, 0.3) is 0 Å². The predicted molar refractivity (Wildman–Crippen MR) is 97.0 cm³/mol. The molecule has 0 aromatic heterocycles. The van der Waals surface area contributed by atoms with Crippen LogP contribution in [0, 0.1) is 5.92 Å². The van der Waals surface area contributed by atoms with Crippen LogP contribution in [0.3, 0.4) is 0 Å². The molecule has 3 unspecified atom stereocenters. The van der Waals surface area contributed by atoms with E-state index in [1.165, 1.54) is 25.9 Å². The van der Waals surface area contributed by atoms with Crippen LogP contribution in [0.4, 0.5) is 0 Å². The molecule has 5 heteroatoms. The summed E-state index contributed by atoms with van der Waals surface area (Å²) in [5.74, 6) is 1.74. The van der Waals surface area contributed by atoms with E-state index in [1.807, 2.05) is 0 Å². The lowest BCUT2D eigenvalue weighted by Gasteiger charge is -2.35. The summed E-state index contributed by atoms with van der Waals surface area (Å²) in [4.78, 5) is 7.35. The Balaban J connectivity index is 1.81. The third-order valence-corrected chi connectivity index (χ3v) is 5.09. The molecule has 134 valence electrons. The first-order chi connectivity index (χ1) is 11.0. The van der Waals surface area contributed by atoms with E-state index in [0.717, 1.165) is 51.0 Å². The Kier molecular flexibility index (Phi) is 7.15. The zero-order valence-corrected chi connectivity index (χ0v) is 15.5. The van der Waals surface area contributed by atoms with Crippen molar-refractivity contribution in [3.8, 4) is 0 Å². The number of rotatable bonds is 6. The summed E-state index contributed by atoms with van der Waals surface area (Å²) in [6.45, 7) is 14.9. The van der Waals surface area contributed by atoms with Crippen molar-refractivity contribution in [1.29, 1.82) is 0 Å². The Bertz CT molecular complexity index is 379. The Morgan fingerprint density at radius 1 is 1.39 bits per heavy atom. The second-order valence-electron chi connectivity index (χ2n) is 7.57. The van der Waals surface area contributed by atoms with E-state index < -0.39 is 0 Å². The van der Waals surface area contributed by atoms with E-state index in [0.29, 0.717) is 6.04 Å². The maximum atomic E-state index is 5.83. The molecule has 2 heterocycles. The van der Waals surface area contributed by atoms with Crippen molar-refractivity contribution >= 4 is 5.96 Å². The fourth-order valence-electron chi connectivity index (χ4n) is 3.55. The molecule has 23 heavy (non-hydrogen) atoms. The number of aliphatic imine (C=N–C) groups is 1. The molecule has 0 radical (unpaired) electrons. The molecule has 2 rings (SSSR count). The van der Waals surface area contributed by atoms with Crippen LogP contribution in [-0.2, 0) is 4.74 Å². The highest BCUT2D eigenvalue weighted by Gasteiger charge is 2.29. The zero-order valence-electron chi connectivity index (χ0n) is 15.5. The molecule has 2 fully saturated rings. The average Bonchev–Trinajstić information content (AvgIpc) is 2.97. The number of hydrogen-bond acceptors (Lipinski definition) is 3. The highest BCUT2D eigenvalue weighted by atomic mass is 16.5. The molecule has 0 amide bonds. The molecule has 0 saturated carbocycles. The molecular formula is C18H36N4O. The van der Waals surface area contributed by atoms with Gasteiger partial charge in [0.15, 0.2) is 5.96 Å². The lowest BCUT2D eigenvalue weighted by molar-refractivity contribution is 0.0283. The SMILES string of the molecule is CCNC(=NCC1(C)CCCO1)NCC(C)N1CCCC(C)C1. The smallest absolute Gasteiger partial charge is 0.191 e. The van der Waals surface area contributed by atoms with Crippen LogP contribution in [0.15, 0.2) is 4.99 Å². The van der Waals surface area contributed by atoms with Gasteiger partial charge in [0.1, 0.15) is 0 Å². The van der Waals surface area contributed by atoms with Crippen LogP contribution < -0.4 is 10.6 Å². The normalized spacial score (nSPS) is 31.1. The topological polar surface area (TPSA) is 48.9 Å². The number of ether oxygens (including phenoxy) is 1. The van der Waals surface area contributed by atoms with Crippen LogP contribution in [0.2, 0.25) is 0 Å². The summed E-state index contributed by atoms with van der Waals surface area (Å²) in [6, 6.07) is 0.542. The van der Waals surface area contributed by atoms with E-state index >= 15 is 0 Å². The van der Waals surface area contributed by atoms with Crippen molar-refractivity contribution in [1.82, 2.24) is 15.5 Å². The number of piperidine rings is 1. The van der Waals surface area contributed by atoms with Gasteiger partial charge < -0.3 is 15.4 Å². The Morgan fingerprint density at radius 2 is 2.22 bits per heavy atom. The lowest BCUT2D eigenvalue weighted by Crippen LogP contribution is -2.48. The van der Waals surface area contributed by atoms with Crippen LogP contribution in [-0.4, -0.2) is 61.8 Å². The molecule has 0 aromatic carbocycles. The molecule has 2 saturated heterocycles. The van der Waals surface area contributed by atoms with Gasteiger partial charge >= 0.3 is 0 Å². The van der Waals surface area contributed by atoms with Crippen molar-refractivity contribution < 1.29 is 4.74 Å². The van der Waals surface area contributed by atoms with Crippen molar-refractivity contribution in [2.24, 2.45) is 10.9 Å². The average molecular weight is 325 g/mol. The predicted octanol–water partition coefficient (Wildman–Crippen LogP) is 2.23. The number of guanidine groups is 1. The van der Waals surface area contributed by atoms with Crippen LogP contribution in [0.25, 0.3) is 0 Å². The first kappa shape index (κ1) is 18.5.